The SMILES string of the molecule is N#CC1(C#N)[C@H](c2ccncc2)[C@@H](C(=O)c2ccc(Cl)cc2)N2c3ccccc3C=C[C@H]21. The molecule has 3 atom stereocenters. The van der Waals surface area contributed by atoms with Crippen LogP contribution in [0.1, 0.15) is 27.4 Å². The van der Waals surface area contributed by atoms with Crippen LogP contribution in [-0.4, -0.2) is 22.9 Å². The average Bonchev–Trinajstić information content (AvgIpc) is 3.15. The Morgan fingerprint density at radius 1 is 1.00 bits per heavy atom. The minimum Gasteiger partial charge on any atom is -0.351 e. The highest BCUT2D eigenvalue weighted by molar-refractivity contribution is 6.30. The Bertz CT molecular complexity index is 1290. The van der Waals surface area contributed by atoms with Crippen LogP contribution in [0, 0.1) is 28.1 Å². The summed E-state index contributed by atoms with van der Waals surface area (Å²) in [5.74, 6) is -0.838. The quantitative estimate of drug-likeness (QED) is 0.538. The van der Waals surface area contributed by atoms with Gasteiger partial charge in [-0.3, -0.25) is 9.78 Å². The number of ketones is 1. The zero-order valence-corrected chi connectivity index (χ0v) is 17.6. The van der Waals surface area contributed by atoms with Gasteiger partial charge in [0.15, 0.2) is 11.2 Å². The molecule has 32 heavy (non-hydrogen) atoms. The third kappa shape index (κ3) is 2.83. The number of nitrogens with zero attached hydrogens (tertiary/aromatic N) is 4. The zero-order chi connectivity index (χ0) is 22.3. The largest absolute Gasteiger partial charge is 0.351 e. The number of benzene rings is 2. The molecule has 2 aliphatic heterocycles. The second-order valence-corrected chi connectivity index (χ2v) is 8.37. The Morgan fingerprint density at radius 2 is 1.69 bits per heavy atom. The number of pyridine rings is 1. The van der Waals surface area contributed by atoms with E-state index in [1.165, 1.54) is 0 Å². The molecule has 0 saturated carbocycles. The van der Waals surface area contributed by atoms with E-state index in [4.69, 9.17) is 11.6 Å². The number of nitriles is 2. The van der Waals surface area contributed by atoms with Crippen molar-refractivity contribution in [3.63, 3.8) is 0 Å². The molecule has 5 nitrogen and oxygen atoms in total. The Balaban J connectivity index is 1.78. The first kappa shape index (κ1) is 20.0. The molecule has 0 bridgehead atoms. The Hall–Kier alpha value is -3.93. The van der Waals surface area contributed by atoms with Crippen molar-refractivity contribution in [2.45, 2.75) is 18.0 Å². The Morgan fingerprint density at radius 3 is 2.38 bits per heavy atom. The molecule has 0 N–H and O–H groups in total. The summed E-state index contributed by atoms with van der Waals surface area (Å²) in [6, 6.07) is 21.3. The number of Topliss-reactive ketones (excluding diaryl/α,β-unsaturated/α-hetero) is 1. The van der Waals surface area contributed by atoms with Gasteiger partial charge in [0, 0.05) is 34.6 Å². The van der Waals surface area contributed by atoms with Gasteiger partial charge in [0.05, 0.1) is 18.2 Å². The summed E-state index contributed by atoms with van der Waals surface area (Å²) in [5.41, 5.74) is 1.53. The van der Waals surface area contributed by atoms with Crippen molar-refractivity contribution in [2.24, 2.45) is 5.41 Å². The fourth-order valence-corrected chi connectivity index (χ4v) is 5.09. The number of anilines is 1. The summed E-state index contributed by atoms with van der Waals surface area (Å²) in [5, 5.41) is 21.3. The number of fused-ring (bicyclic) bond motifs is 3. The molecule has 1 saturated heterocycles. The molecule has 0 amide bonds. The van der Waals surface area contributed by atoms with E-state index in [1.54, 1.807) is 48.8 Å². The molecule has 5 rings (SSSR count). The minimum atomic E-state index is -1.46. The molecule has 0 unspecified atom stereocenters. The molecule has 3 heterocycles. The van der Waals surface area contributed by atoms with Gasteiger partial charge in [-0.15, -0.1) is 0 Å². The fourth-order valence-electron chi connectivity index (χ4n) is 4.96. The van der Waals surface area contributed by atoms with E-state index in [0.29, 0.717) is 10.6 Å². The molecule has 0 radical (unpaired) electrons. The summed E-state index contributed by atoms with van der Waals surface area (Å²) >= 11 is 6.04. The van der Waals surface area contributed by atoms with Gasteiger partial charge in [0.1, 0.15) is 6.04 Å². The van der Waals surface area contributed by atoms with E-state index in [2.05, 4.69) is 17.1 Å². The Labute approximate surface area is 190 Å². The molecule has 0 spiro atoms. The van der Waals surface area contributed by atoms with Crippen molar-refractivity contribution < 1.29 is 4.79 Å². The number of hydrogen-bond acceptors (Lipinski definition) is 5. The molecule has 3 aromatic rings. The molecular formula is C26H17ClN4O. The van der Waals surface area contributed by atoms with Gasteiger partial charge >= 0.3 is 0 Å². The van der Waals surface area contributed by atoms with Crippen molar-refractivity contribution in [3.05, 3.63) is 101 Å². The molecule has 154 valence electrons. The first-order valence-electron chi connectivity index (χ1n) is 10.2. The third-order valence-electron chi connectivity index (χ3n) is 6.38. The molecule has 0 aliphatic carbocycles. The van der Waals surface area contributed by atoms with Gasteiger partial charge in [0.2, 0.25) is 0 Å². The maximum Gasteiger partial charge on any atom is 0.185 e. The van der Waals surface area contributed by atoms with Crippen molar-refractivity contribution in [1.29, 1.82) is 10.5 Å². The van der Waals surface area contributed by atoms with Crippen LogP contribution >= 0.6 is 11.6 Å². The maximum atomic E-state index is 14.0. The van der Waals surface area contributed by atoms with E-state index in [9.17, 15) is 15.3 Å². The van der Waals surface area contributed by atoms with E-state index < -0.39 is 23.4 Å². The topological polar surface area (TPSA) is 80.8 Å². The number of aromatic nitrogens is 1. The number of para-hydroxylation sites is 1. The van der Waals surface area contributed by atoms with Gasteiger partial charge < -0.3 is 4.90 Å². The van der Waals surface area contributed by atoms with E-state index in [-0.39, 0.29) is 5.78 Å². The van der Waals surface area contributed by atoms with E-state index in [0.717, 1.165) is 16.8 Å². The molecule has 2 aromatic carbocycles. The number of rotatable bonds is 3. The highest BCUT2D eigenvalue weighted by atomic mass is 35.5. The summed E-state index contributed by atoms with van der Waals surface area (Å²) < 4.78 is 0. The minimum absolute atomic E-state index is 0.161. The summed E-state index contributed by atoms with van der Waals surface area (Å²) in [4.78, 5) is 20.0. The predicted octanol–water partition coefficient (Wildman–Crippen LogP) is 5.02. The van der Waals surface area contributed by atoms with Crippen LogP contribution < -0.4 is 4.90 Å². The lowest BCUT2D eigenvalue weighted by atomic mass is 9.69. The van der Waals surface area contributed by atoms with Gasteiger partial charge in [-0.25, -0.2) is 0 Å². The normalized spacial score (nSPS) is 22.3. The zero-order valence-electron chi connectivity index (χ0n) is 16.9. The van der Waals surface area contributed by atoms with Gasteiger partial charge in [-0.2, -0.15) is 10.5 Å². The van der Waals surface area contributed by atoms with E-state index in [1.807, 2.05) is 41.3 Å². The van der Waals surface area contributed by atoms with Crippen LogP contribution in [-0.2, 0) is 0 Å². The summed E-state index contributed by atoms with van der Waals surface area (Å²) in [6.07, 6.45) is 7.05. The standard InChI is InChI=1S/C26H17ClN4O/c27-20-8-5-19(6-9-20)25(32)24-23(18-11-13-30-14-12-18)26(15-28,16-29)22-10-7-17-3-1-2-4-21(17)31(22)24/h1-14,22-24H/t22-,23+,24-/m0/s1. The van der Waals surface area contributed by atoms with Crippen molar-refractivity contribution >= 4 is 29.1 Å². The van der Waals surface area contributed by atoms with Gasteiger partial charge in [-0.1, -0.05) is 42.0 Å². The predicted molar refractivity (Wildman–Crippen MR) is 122 cm³/mol. The van der Waals surface area contributed by atoms with Crippen LogP contribution in [0.5, 0.6) is 0 Å². The smallest absolute Gasteiger partial charge is 0.185 e. The van der Waals surface area contributed by atoms with Crippen LogP contribution in [0.2, 0.25) is 5.02 Å². The molecule has 2 aliphatic rings. The van der Waals surface area contributed by atoms with Crippen molar-refractivity contribution in [2.75, 3.05) is 4.90 Å². The third-order valence-corrected chi connectivity index (χ3v) is 6.63. The van der Waals surface area contributed by atoms with Crippen LogP contribution in [0.15, 0.2) is 79.1 Å². The molecule has 1 fully saturated rings. The average molecular weight is 437 g/mol. The lowest BCUT2D eigenvalue weighted by Gasteiger charge is -2.35. The molecule has 1 aromatic heterocycles. The highest BCUT2D eigenvalue weighted by Crippen LogP contribution is 2.55. The van der Waals surface area contributed by atoms with E-state index >= 15 is 0 Å². The molecular weight excluding hydrogens is 420 g/mol. The van der Waals surface area contributed by atoms with Crippen LogP contribution in [0.4, 0.5) is 5.69 Å². The first-order chi connectivity index (χ1) is 15.6. The van der Waals surface area contributed by atoms with Crippen molar-refractivity contribution in [3.8, 4) is 12.1 Å². The Kier molecular flexibility index (Phi) is 4.78. The highest BCUT2D eigenvalue weighted by Gasteiger charge is 2.63. The fraction of sp³-hybridized carbons (Fsp3) is 0.154. The lowest BCUT2D eigenvalue weighted by molar-refractivity contribution is 0.0951. The number of carbonyl (C=O) groups is 1. The number of halogens is 1. The van der Waals surface area contributed by atoms with Gasteiger partial charge in [0.25, 0.3) is 0 Å². The second-order valence-electron chi connectivity index (χ2n) is 7.94. The molecule has 6 heteroatoms. The monoisotopic (exact) mass is 436 g/mol. The van der Waals surface area contributed by atoms with Crippen molar-refractivity contribution in [1.82, 2.24) is 4.98 Å². The van der Waals surface area contributed by atoms with Crippen LogP contribution in [0.25, 0.3) is 6.08 Å². The number of hydrogen-bond donors (Lipinski definition) is 0. The summed E-state index contributed by atoms with van der Waals surface area (Å²) in [7, 11) is 0. The van der Waals surface area contributed by atoms with Crippen LogP contribution in [0.3, 0.4) is 0 Å². The second kappa shape index (κ2) is 7.64. The lowest BCUT2D eigenvalue weighted by Crippen LogP contribution is -2.44. The maximum absolute atomic E-state index is 14.0. The summed E-state index contributed by atoms with van der Waals surface area (Å²) in [6.45, 7) is 0. The number of carbonyl (C=O) groups excluding carboxylic acids is 1. The first-order valence-corrected chi connectivity index (χ1v) is 10.6. The van der Waals surface area contributed by atoms with Gasteiger partial charge in [-0.05, 0) is 53.6 Å².